The number of nitrogens with zero attached hydrogens (tertiary/aromatic N) is 1. The molecule has 0 aliphatic heterocycles. The van der Waals surface area contributed by atoms with E-state index in [1.165, 1.54) is 0 Å². The topological polar surface area (TPSA) is 54.0 Å². The molecule has 0 radical (unpaired) electrons. The molecule has 0 bridgehead atoms. The van der Waals surface area contributed by atoms with Crippen LogP contribution in [0.3, 0.4) is 0 Å². The highest BCUT2D eigenvalue weighted by Gasteiger charge is 2.18. The summed E-state index contributed by atoms with van der Waals surface area (Å²) in [4.78, 5) is 16.2. The Kier molecular flexibility index (Phi) is 5.80. The summed E-state index contributed by atoms with van der Waals surface area (Å²) in [5.74, 6) is 2.32. The SMILES string of the molecule is CNc1ccc(C(=O)NCC(C(C)C)C(C)C)cn1. The maximum absolute atomic E-state index is 12.0. The van der Waals surface area contributed by atoms with Crippen molar-refractivity contribution in [2.45, 2.75) is 27.7 Å². The minimum atomic E-state index is -0.0542. The molecule has 1 amide bonds. The Morgan fingerprint density at radius 2 is 1.84 bits per heavy atom. The number of aromatic nitrogens is 1. The molecule has 4 heteroatoms. The molecule has 0 saturated carbocycles. The second kappa shape index (κ2) is 7.12. The highest BCUT2D eigenvalue weighted by Crippen LogP contribution is 2.19. The van der Waals surface area contributed by atoms with E-state index in [0.29, 0.717) is 29.9 Å². The van der Waals surface area contributed by atoms with Crippen LogP contribution < -0.4 is 10.6 Å². The first-order chi connectivity index (χ1) is 8.95. The van der Waals surface area contributed by atoms with Gasteiger partial charge in [-0.15, -0.1) is 0 Å². The molecule has 2 N–H and O–H groups in total. The number of rotatable bonds is 6. The molecule has 1 heterocycles. The minimum absolute atomic E-state index is 0.0542. The number of carbonyl (C=O) groups is 1. The van der Waals surface area contributed by atoms with E-state index in [2.05, 4.69) is 43.3 Å². The Morgan fingerprint density at radius 3 is 2.26 bits per heavy atom. The molecule has 1 rings (SSSR count). The van der Waals surface area contributed by atoms with Crippen LogP contribution >= 0.6 is 0 Å². The lowest BCUT2D eigenvalue weighted by atomic mass is 9.85. The molecule has 0 aliphatic rings. The van der Waals surface area contributed by atoms with Crippen LogP contribution in [0.4, 0.5) is 5.82 Å². The van der Waals surface area contributed by atoms with Crippen LogP contribution in [0.5, 0.6) is 0 Å². The maximum Gasteiger partial charge on any atom is 0.252 e. The number of amides is 1. The summed E-state index contributed by atoms with van der Waals surface area (Å²) in [6, 6.07) is 3.59. The van der Waals surface area contributed by atoms with Crippen molar-refractivity contribution in [1.29, 1.82) is 0 Å². The average Bonchev–Trinajstić information content (AvgIpc) is 2.38. The molecule has 0 saturated heterocycles. The molecule has 1 aromatic heterocycles. The van der Waals surface area contributed by atoms with Crippen LogP contribution in [0.15, 0.2) is 18.3 Å². The molecule has 1 aromatic rings. The summed E-state index contributed by atoms with van der Waals surface area (Å²) in [7, 11) is 1.80. The van der Waals surface area contributed by atoms with Crippen LogP contribution in [-0.2, 0) is 0 Å². The number of anilines is 1. The van der Waals surface area contributed by atoms with Gasteiger partial charge in [0.05, 0.1) is 5.56 Å². The largest absolute Gasteiger partial charge is 0.373 e. The van der Waals surface area contributed by atoms with Gasteiger partial charge in [-0.05, 0) is 29.9 Å². The van der Waals surface area contributed by atoms with E-state index < -0.39 is 0 Å². The average molecular weight is 263 g/mol. The standard InChI is InChI=1S/C15H25N3O/c1-10(2)13(11(3)4)9-18-15(19)12-6-7-14(16-5)17-8-12/h6-8,10-11,13H,9H2,1-5H3,(H,16,17)(H,18,19). The van der Waals surface area contributed by atoms with Crippen molar-refractivity contribution in [2.24, 2.45) is 17.8 Å². The van der Waals surface area contributed by atoms with E-state index in [4.69, 9.17) is 0 Å². The second-order valence-corrected chi connectivity index (χ2v) is 5.54. The van der Waals surface area contributed by atoms with Crippen molar-refractivity contribution in [1.82, 2.24) is 10.3 Å². The smallest absolute Gasteiger partial charge is 0.252 e. The maximum atomic E-state index is 12.0. The summed E-state index contributed by atoms with van der Waals surface area (Å²) in [5, 5.41) is 5.93. The van der Waals surface area contributed by atoms with Crippen LogP contribution in [0, 0.1) is 17.8 Å². The van der Waals surface area contributed by atoms with Crippen LogP contribution in [0.1, 0.15) is 38.1 Å². The van der Waals surface area contributed by atoms with E-state index in [1.807, 2.05) is 0 Å². The first kappa shape index (κ1) is 15.5. The molecule has 0 unspecified atom stereocenters. The van der Waals surface area contributed by atoms with Gasteiger partial charge in [-0.25, -0.2) is 4.98 Å². The van der Waals surface area contributed by atoms with Crippen molar-refractivity contribution in [3.8, 4) is 0 Å². The fourth-order valence-corrected chi connectivity index (χ4v) is 2.23. The predicted molar refractivity (Wildman–Crippen MR) is 79.3 cm³/mol. The molecule has 0 aliphatic carbocycles. The highest BCUT2D eigenvalue weighted by molar-refractivity contribution is 5.94. The van der Waals surface area contributed by atoms with E-state index in [0.717, 1.165) is 5.82 Å². The van der Waals surface area contributed by atoms with Gasteiger partial charge in [-0.3, -0.25) is 4.79 Å². The summed E-state index contributed by atoms with van der Waals surface area (Å²) in [6.45, 7) is 9.49. The predicted octanol–water partition coefficient (Wildman–Crippen LogP) is 2.78. The van der Waals surface area contributed by atoms with Gasteiger partial charge in [0.25, 0.3) is 5.91 Å². The molecule has 0 fully saturated rings. The zero-order valence-electron chi connectivity index (χ0n) is 12.5. The Bertz CT molecular complexity index is 390. The fraction of sp³-hybridized carbons (Fsp3) is 0.600. The fourth-order valence-electron chi connectivity index (χ4n) is 2.23. The molecular weight excluding hydrogens is 238 g/mol. The normalized spacial score (nSPS) is 11.2. The van der Waals surface area contributed by atoms with Gasteiger partial charge in [0, 0.05) is 19.8 Å². The van der Waals surface area contributed by atoms with Crippen molar-refractivity contribution >= 4 is 11.7 Å². The van der Waals surface area contributed by atoms with Crippen LogP contribution in [0.2, 0.25) is 0 Å². The Labute approximate surface area is 116 Å². The second-order valence-electron chi connectivity index (χ2n) is 5.54. The number of carbonyl (C=O) groups excluding carboxylic acids is 1. The monoisotopic (exact) mass is 263 g/mol. The van der Waals surface area contributed by atoms with Gasteiger partial charge in [0.2, 0.25) is 0 Å². The summed E-state index contributed by atoms with van der Waals surface area (Å²) in [5.41, 5.74) is 0.602. The highest BCUT2D eigenvalue weighted by atomic mass is 16.1. The van der Waals surface area contributed by atoms with E-state index >= 15 is 0 Å². The molecule has 4 nitrogen and oxygen atoms in total. The lowest BCUT2D eigenvalue weighted by molar-refractivity contribution is 0.0937. The third kappa shape index (κ3) is 4.54. The van der Waals surface area contributed by atoms with E-state index in [1.54, 1.807) is 25.4 Å². The molecule has 0 aromatic carbocycles. The van der Waals surface area contributed by atoms with Crippen molar-refractivity contribution in [3.05, 3.63) is 23.9 Å². The number of hydrogen-bond donors (Lipinski definition) is 2. The van der Waals surface area contributed by atoms with Crippen LogP contribution in [0.25, 0.3) is 0 Å². The van der Waals surface area contributed by atoms with Gasteiger partial charge in [-0.1, -0.05) is 27.7 Å². The van der Waals surface area contributed by atoms with Gasteiger partial charge in [0.1, 0.15) is 5.82 Å². The van der Waals surface area contributed by atoms with Gasteiger partial charge in [-0.2, -0.15) is 0 Å². The lowest BCUT2D eigenvalue weighted by Gasteiger charge is -2.25. The van der Waals surface area contributed by atoms with Crippen molar-refractivity contribution in [2.75, 3.05) is 18.9 Å². The van der Waals surface area contributed by atoms with E-state index in [-0.39, 0.29) is 5.91 Å². The molecule has 106 valence electrons. The first-order valence-corrected chi connectivity index (χ1v) is 6.87. The Balaban J connectivity index is 2.58. The van der Waals surface area contributed by atoms with Gasteiger partial charge in [0.15, 0.2) is 0 Å². The summed E-state index contributed by atoms with van der Waals surface area (Å²) < 4.78 is 0. The first-order valence-electron chi connectivity index (χ1n) is 6.87. The minimum Gasteiger partial charge on any atom is -0.373 e. The summed E-state index contributed by atoms with van der Waals surface area (Å²) in [6.07, 6.45) is 1.60. The molecule has 0 atom stereocenters. The van der Waals surface area contributed by atoms with Gasteiger partial charge < -0.3 is 10.6 Å². The Hall–Kier alpha value is -1.58. The number of nitrogens with one attached hydrogen (secondary N) is 2. The Morgan fingerprint density at radius 1 is 1.21 bits per heavy atom. The molecular formula is C15H25N3O. The van der Waals surface area contributed by atoms with Crippen molar-refractivity contribution in [3.63, 3.8) is 0 Å². The quantitative estimate of drug-likeness (QED) is 0.829. The third-order valence-corrected chi connectivity index (χ3v) is 3.49. The molecule has 0 spiro atoms. The van der Waals surface area contributed by atoms with Gasteiger partial charge >= 0.3 is 0 Å². The third-order valence-electron chi connectivity index (χ3n) is 3.49. The summed E-state index contributed by atoms with van der Waals surface area (Å²) >= 11 is 0. The van der Waals surface area contributed by atoms with E-state index in [9.17, 15) is 4.79 Å². The van der Waals surface area contributed by atoms with Crippen LogP contribution in [-0.4, -0.2) is 24.5 Å². The molecule has 19 heavy (non-hydrogen) atoms. The zero-order valence-corrected chi connectivity index (χ0v) is 12.5. The van der Waals surface area contributed by atoms with Crippen molar-refractivity contribution < 1.29 is 4.79 Å². The lowest BCUT2D eigenvalue weighted by Crippen LogP contribution is -2.34. The number of pyridine rings is 1. The zero-order chi connectivity index (χ0) is 14.4. The number of hydrogen-bond acceptors (Lipinski definition) is 3.